The van der Waals surface area contributed by atoms with E-state index in [2.05, 4.69) is 41.7 Å². The Balaban J connectivity index is 0.00000180. The van der Waals surface area contributed by atoms with Gasteiger partial charge in [-0.2, -0.15) is 11.8 Å². The van der Waals surface area contributed by atoms with Gasteiger partial charge in [-0.25, -0.2) is 0 Å². The van der Waals surface area contributed by atoms with E-state index in [0.29, 0.717) is 11.2 Å². The Hall–Kier alpha value is -0.430. The van der Waals surface area contributed by atoms with Crippen LogP contribution in [0.4, 0.5) is 5.69 Å². The van der Waals surface area contributed by atoms with Crippen LogP contribution in [0.3, 0.4) is 0 Å². The summed E-state index contributed by atoms with van der Waals surface area (Å²) in [5.74, 6) is 0.508. The van der Waals surface area contributed by atoms with E-state index in [1.807, 2.05) is 0 Å². The molecule has 106 valence electrons. The molecule has 2 rings (SSSR count). The van der Waals surface area contributed by atoms with Crippen LogP contribution in [0, 0.1) is 0 Å². The topological polar surface area (TPSA) is 50.4 Å². The first-order chi connectivity index (χ1) is 8.69. The highest BCUT2D eigenvalue weighted by Gasteiger charge is 2.10. The van der Waals surface area contributed by atoms with Crippen molar-refractivity contribution >= 4 is 47.4 Å². The van der Waals surface area contributed by atoms with Gasteiger partial charge in [0.1, 0.15) is 0 Å². The van der Waals surface area contributed by atoms with E-state index in [9.17, 15) is 0 Å². The van der Waals surface area contributed by atoms with Gasteiger partial charge >= 0.3 is 0 Å². The highest BCUT2D eigenvalue weighted by Crippen LogP contribution is 2.24. The van der Waals surface area contributed by atoms with E-state index < -0.39 is 0 Å². The molecule has 0 saturated heterocycles. The predicted molar refractivity (Wildman–Crippen MR) is 97.0 cm³/mol. The molecule has 0 aliphatic heterocycles. The maximum atomic E-state index is 5.88. The molecule has 19 heavy (non-hydrogen) atoms. The molecule has 1 aliphatic rings. The molecule has 5 heteroatoms. The van der Waals surface area contributed by atoms with Crippen LogP contribution in [0.2, 0.25) is 0 Å². The Kier molecular flexibility index (Phi) is 6.99. The Morgan fingerprint density at radius 2 is 2.16 bits per heavy atom. The molecule has 1 aliphatic carbocycles. The largest absolute Gasteiger partial charge is 0.370 e. The fourth-order valence-electron chi connectivity index (χ4n) is 2.14. The number of guanidine groups is 1. The number of fused-ring (bicyclic) bond motifs is 1. The van der Waals surface area contributed by atoms with E-state index in [0.717, 1.165) is 12.2 Å². The van der Waals surface area contributed by atoms with Gasteiger partial charge in [0.2, 0.25) is 0 Å². The van der Waals surface area contributed by atoms with Gasteiger partial charge in [-0.05, 0) is 48.8 Å². The van der Waals surface area contributed by atoms with Crippen LogP contribution in [-0.4, -0.2) is 24.0 Å². The molecule has 0 radical (unpaired) electrons. The van der Waals surface area contributed by atoms with E-state index >= 15 is 0 Å². The number of nitrogens with zero attached hydrogens (tertiary/aromatic N) is 1. The summed E-state index contributed by atoms with van der Waals surface area (Å²) in [6.45, 7) is 2.90. The first-order valence-corrected chi connectivity index (χ1v) is 7.69. The second-order valence-corrected chi connectivity index (χ2v) is 6.01. The zero-order valence-corrected chi connectivity index (χ0v) is 14.6. The Morgan fingerprint density at radius 1 is 1.42 bits per heavy atom. The van der Waals surface area contributed by atoms with Crippen molar-refractivity contribution in [3.05, 3.63) is 29.3 Å². The van der Waals surface area contributed by atoms with Crippen molar-refractivity contribution < 1.29 is 0 Å². The maximum Gasteiger partial charge on any atom is 0.193 e. The standard InChI is InChI=1S/C14H21N3S.HI/c1-10(18-2)9-16-14(15)17-13-7-6-11-4-3-5-12(11)8-13;/h6-8,10H,3-5,9H2,1-2H3,(H3,15,16,17);1H. The molecular weight excluding hydrogens is 369 g/mol. The lowest BCUT2D eigenvalue weighted by atomic mass is 10.1. The van der Waals surface area contributed by atoms with Crippen LogP contribution in [-0.2, 0) is 12.8 Å². The predicted octanol–water partition coefficient (Wildman–Crippen LogP) is 3.27. The van der Waals surface area contributed by atoms with E-state index in [-0.39, 0.29) is 24.0 Å². The number of nitrogens with one attached hydrogen (secondary N) is 1. The molecule has 0 aromatic heterocycles. The zero-order chi connectivity index (χ0) is 13.0. The van der Waals surface area contributed by atoms with E-state index in [1.165, 1.54) is 30.4 Å². The quantitative estimate of drug-likeness (QED) is 0.471. The molecule has 1 atom stereocenters. The van der Waals surface area contributed by atoms with E-state index in [4.69, 9.17) is 5.73 Å². The number of thioether (sulfide) groups is 1. The van der Waals surface area contributed by atoms with Crippen LogP contribution < -0.4 is 11.1 Å². The second-order valence-electron chi connectivity index (χ2n) is 4.73. The van der Waals surface area contributed by atoms with Crippen LogP contribution in [0.15, 0.2) is 23.2 Å². The summed E-state index contributed by atoms with van der Waals surface area (Å²) in [7, 11) is 0. The fraction of sp³-hybridized carbons (Fsp3) is 0.500. The highest BCUT2D eigenvalue weighted by molar-refractivity contribution is 14.0. The van der Waals surface area contributed by atoms with Gasteiger partial charge in [-0.3, -0.25) is 4.99 Å². The number of aryl methyl sites for hydroxylation is 2. The molecule has 1 aromatic carbocycles. The van der Waals surface area contributed by atoms with Crippen molar-refractivity contribution in [3.8, 4) is 0 Å². The molecule has 1 unspecified atom stereocenters. The Bertz CT molecular complexity index is 448. The van der Waals surface area contributed by atoms with Gasteiger partial charge in [0, 0.05) is 10.9 Å². The number of hydrogen-bond donors (Lipinski definition) is 2. The number of benzene rings is 1. The first-order valence-electron chi connectivity index (χ1n) is 6.40. The lowest BCUT2D eigenvalue weighted by Gasteiger charge is -2.09. The summed E-state index contributed by atoms with van der Waals surface area (Å²) in [4.78, 5) is 4.35. The van der Waals surface area contributed by atoms with Gasteiger partial charge < -0.3 is 11.1 Å². The lowest BCUT2D eigenvalue weighted by Crippen LogP contribution is -2.24. The number of hydrogen-bond acceptors (Lipinski definition) is 2. The summed E-state index contributed by atoms with van der Waals surface area (Å²) in [5.41, 5.74) is 9.86. The van der Waals surface area contributed by atoms with Crippen molar-refractivity contribution in [1.82, 2.24) is 0 Å². The third kappa shape index (κ3) is 4.87. The molecular formula is C14H22IN3S. The first kappa shape index (κ1) is 16.6. The lowest BCUT2D eigenvalue weighted by molar-refractivity contribution is 0.912. The summed E-state index contributed by atoms with van der Waals surface area (Å²) in [6, 6.07) is 6.48. The fourth-order valence-corrected chi connectivity index (χ4v) is 2.36. The second kappa shape index (κ2) is 7.99. The average molecular weight is 391 g/mol. The van der Waals surface area contributed by atoms with Gasteiger partial charge in [-0.15, -0.1) is 24.0 Å². The maximum absolute atomic E-state index is 5.88. The summed E-state index contributed by atoms with van der Waals surface area (Å²) in [6.07, 6.45) is 5.76. The van der Waals surface area contributed by atoms with Crippen molar-refractivity contribution in [2.24, 2.45) is 10.7 Å². The van der Waals surface area contributed by atoms with Crippen molar-refractivity contribution in [3.63, 3.8) is 0 Å². The third-order valence-corrected chi connectivity index (χ3v) is 4.25. The third-order valence-electron chi connectivity index (χ3n) is 3.29. The highest BCUT2D eigenvalue weighted by atomic mass is 127. The van der Waals surface area contributed by atoms with Gasteiger partial charge in [-0.1, -0.05) is 13.0 Å². The summed E-state index contributed by atoms with van der Waals surface area (Å²) >= 11 is 1.80. The number of aliphatic imine (C=N–C) groups is 1. The average Bonchev–Trinajstić information content (AvgIpc) is 2.83. The number of anilines is 1. The molecule has 0 amide bonds. The minimum absolute atomic E-state index is 0. The van der Waals surface area contributed by atoms with Crippen molar-refractivity contribution in [1.29, 1.82) is 0 Å². The number of nitrogens with two attached hydrogens (primary N) is 1. The molecule has 1 aromatic rings. The normalized spacial score (nSPS) is 15.6. The number of rotatable bonds is 4. The van der Waals surface area contributed by atoms with Crippen LogP contribution in [0.1, 0.15) is 24.5 Å². The van der Waals surface area contributed by atoms with Gasteiger partial charge in [0.05, 0.1) is 6.54 Å². The molecule has 0 bridgehead atoms. The van der Waals surface area contributed by atoms with Crippen LogP contribution in [0.25, 0.3) is 0 Å². The van der Waals surface area contributed by atoms with Crippen molar-refractivity contribution in [2.75, 3.05) is 18.1 Å². The van der Waals surface area contributed by atoms with Crippen LogP contribution >= 0.6 is 35.7 Å². The van der Waals surface area contributed by atoms with E-state index in [1.54, 1.807) is 11.8 Å². The minimum atomic E-state index is 0. The Morgan fingerprint density at radius 3 is 2.89 bits per heavy atom. The van der Waals surface area contributed by atoms with Gasteiger partial charge in [0.25, 0.3) is 0 Å². The summed E-state index contributed by atoms with van der Waals surface area (Å²) in [5, 5.41) is 3.67. The number of halogens is 1. The SMILES string of the molecule is CSC(C)CN=C(N)Nc1ccc2c(c1)CCC2.I. The van der Waals surface area contributed by atoms with Crippen molar-refractivity contribution in [2.45, 2.75) is 31.4 Å². The molecule has 0 saturated carbocycles. The monoisotopic (exact) mass is 391 g/mol. The molecule has 3 nitrogen and oxygen atoms in total. The summed E-state index contributed by atoms with van der Waals surface area (Å²) < 4.78 is 0. The molecule has 3 N–H and O–H groups in total. The molecule has 0 spiro atoms. The van der Waals surface area contributed by atoms with Crippen LogP contribution in [0.5, 0.6) is 0 Å². The zero-order valence-electron chi connectivity index (χ0n) is 11.5. The molecule has 0 heterocycles. The smallest absolute Gasteiger partial charge is 0.193 e. The Labute approximate surface area is 136 Å². The molecule has 0 fully saturated rings. The minimum Gasteiger partial charge on any atom is -0.370 e. The van der Waals surface area contributed by atoms with Gasteiger partial charge in [0.15, 0.2) is 5.96 Å².